The Hall–Kier alpha value is -1.79. The number of allylic oxidation sites excluding steroid dienone is 1. The first-order valence-electron chi connectivity index (χ1n) is 6.91. The Kier molecular flexibility index (Phi) is 7.38. The fourth-order valence-corrected chi connectivity index (χ4v) is 1.66. The monoisotopic (exact) mass is 257 g/mol. The van der Waals surface area contributed by atoms with E-state index in [2.05, 4.69) is 31.7 Å². The highest BCUT2D eigenvalue weighted by Crippen LogP contribution is 2.07. The SMILES string of the molecule is CCC=C=C[C@H](C)/C(CC)=N\OCc1ccccc1. The van der Waals surface area contributed by atoms with Crippen molar-refractivity contribution in [1.82, 2.24) is 0 Å². The van der Waals surface area contributed by atoms with Crippen LogP contribution >= 0.6 is 0 Å². The molecule has 0 aliphatic rings. The Bertz CT molecular complexity index is 442. The minimum absolute atomic E-state index is 0.267. The summed E-state index contributed by atoms with van der Waals surface area (Å²) in [5.74, 6) is 0.267. The molecule has 102 valence electrons. The lowest BCUT2D eigenvalue weighted by molar-refractivity contribution is 0.129. The molecule has 0 radical (unpaired) electrons. The number of rotatable bonds is 7. The van der Waals surface area contributed by atoms with Gasteiger partial charge in [0, 0.05) is 5.92 Å². The van der Waals surface area contributed by atoms with Gasteiger partial charge in [0.2, 0.25) is 0 Å². The van der Waals surface area contributed by atoms with Crippen LogP contribution in [0.3, 0.4) is 0 Å². The van der Waals surface area contributed by atoms with Gasteiger partial charge in [0.15, 0.2) is 0 Å². The minimum Gasteiger partial charge on any atom is -0.391 e. The van der Waals surface area contributed by atoms with Crippen molar-refractivity contribution >= 4 is 5.71 Å². The van der Waals surface area contributed by atoms with Crippen molar-refractivity contribution in [3.8, 4) is 0 Å². The van der Waals surface area contributed by atoms with Crippen LogP contribution in [0.15, 0.2) is 53.4 Å². The van der Waals surface area contributed by atoms with E-state index in [0.717, 1.165) is 24.1 Å². The lowest BCUT2D eigenvalue weighted by atomic mass is 10.0. The van der Waals surface area contributed by atoms with Crippen LogP contribution in [-0.2, 0) is 11.4 Å². The third kappa shape index (κ3) is 6.08. The van der Waals surface area contributed by atoms with E-state index in [0.29, 0.717) is 6.61 Å². The van der Waals surface area contributed by atoms with E-state index >= 15 is 0 Å². The van der Waals surface area contributed by atoms with Gasteiger partial charge in [-0.15, -0.1) is 5.73 Å². The Labute approximate surface area is 116 Å². The summed E-state index contributed by atoms with van der Waals surface area (Å²) in [5, 5.41) is 4.25. The smallest absolute Gasteiger partial charge is 0.142 e. The normalized spacial score (nSPS) is 12.5. The van der Waals surface area contributed by atoms with Crippen molar-refractivity contribution in [2.45, 2.75) is 40.2 Å². The van der Waals surface area contributed by atoms with Crippen LogP contribution in [-0.4, -0.2) is 5.71 Å². The van der Waals surface area contributed by atoms with E-state index in [4.69, 9.17) is 4.84 Å². The van der Waals surface area contributed by atoms with Crippen LogP contribution < -0.4 is 0 Å². The van der Waals surface area contributed by atoms with Crippen LogP contribution in [0.1, 0.15) is 39.2 Å². The zero-order chi connectivity index (χ0) is 13.9. The minimum atomic E-state index is 0.267. The molecule has 1 aromatic carbocycles. The Morgan fingerprint density at radius 2 is 2.05 bits per heavy atom. The first-order chi connectivity index (χ1) is 9.27. The van der Waals surface area contributed by atoms with Gasteiger partial charge in [0.25, 0.3) is 0 Å². The molecule has 1 atom stereocenters. The number of hydrogen-bond acceptors (Lipinski definition) is 2. The van der Waals surface area contributed by atoms with Crippen LogP contribution in [0, 0.1) is 5.92 Å². The molecule has 1 rings (SSSR count). The van der Waals surface area contributed by atoms with Crippen molar-refractivity contribution in [2.24, 2.45) is 11.1 Å². The standard InChI is InChI=1S/C17H23NO/c1-4-6-8-11-15(3)17(5-2)18-19-14-16-12-9-7-10-13-16/h6-7,9-13,15H,4-5,14H2,1-3H3/b18-17-/t8?,15-/m0/s1. The number of hydrogen-bond donors (Lipinski definition) is 0. The van der Waals surface area contributed by atoms with Crippen molar-refractivity contribution in [2.75, 3.05) is 0 Å². The molecule has 0 unspecified atom stereocenters. The maximum atomic E-state index is 5.43. The quantitative estimate of drug-likeness (QED) is 0.393. The molecule has 0 spiro atoms. The molecule has 0 saturated carbocycles. The van der Waals surface area contributed by atoms with Crippen LogP contribution in [0.2, 0.25) is 0 Å². The number of benzene rings is 1. The van der Waals surface area contributed by atoms with Crippen molar-refractivity contribution in [1.29, 1.82) is 0 Å². The maximum Gasteiger partial charge on any atom is 0.142 e. The predicted octanol–water partition coefficient (Wildman–Crippen LogP) is 4.73. The lowest BCUT2D eigenvalue weighted by Crippen LogP contribution is -2.08. The van der Waals surface area contributed by atoms with Gasteiger partial charge < -0.3 is 4.84 Å². The average molecular weight is 257 g/mol. The molecule has 2 heteroatoms. The summed E-state index contributed by atoms with van der Waals surface area (Å²) in [6.45, 7) is 6.83. The molecule has 0 fully saturated rings. The van der Waals surface area contributed by atoms with E-state index in [-0.39, 0.29) is 5.92 Å². The number of oxime groups is 1. The van der Waals surface area contributed by atoms with E-state index in [9.17, 15) is 0 Å². The summed E-state index contributed by atoms with van der Waals surface area (Å²) in [4.78, 5) is 5.43. The van der Waals surface area contributed by atoms with E-state index in [1.807, 2.05) is 42.5 Å². The topological polar surface area (TPSA) is 21.6 Å². The van der Waals surface area contributed by atoms with Gasteiger partial charge in [0.05, 0.1) is 5.71 Å². The summed E-state index contributed by atoms with van der Waals surface area (Å²) >= 11 is 0. The summed E-state index contributed by atoms with van der Waals surface area (Å²) in [6, 6.07) is 10.1. The fraction of sp³-hybridized carbons (Fsp3) is 0.412. The molecule has 19 heavy (non-hydrogen) atoms. The van der Waals surface area contributed by atoms with Gasteiger partial charge in [-0.2, -0.15) is 0 Å². The zero-order valence-corrected chi connectivity index (χ0v) is 12.1. The summed E-state index contributed by atoms with van der Waals surface area (Å²) in [7, 11) is 0. The van der Waals surface area contributed by atoms with Crippen LogP contribution in [0.5, 0.6) is 0 Å². The van der Waals surface area contributed by atoms with Crippen molar-refractivity contribution in [3.63, 3.8) is 0 Å². The maximum absolute atomic E-state index is 5.43. The van der Waals surface area contributed by atoms with Gasteiger partial charge in [-0.05, 0) is 30.6 Å². The van der Waals surface area contributed by atoms with Gasteiger partial charge in [0.1, 0.15) is 6.61 Å². The highest BCUT2D eigenvalue weighted by Gasteiger charge is 2.05. The summed E-state index contributed by atoms with van der Waals surface area (Å²) in [5.41, 5.74) is 5.36. The predicted molar refractivity (Wildman–Crippen MR) is 81.1 cm³/mol. The molecule has 0 aliphatic heterocycles. The summed E-state index contributed by atoms with van der Waals surface area (Å²) < 4.78 is 0. The van der Waals surface area contributed by atoms with Gasteiger partial charge >= 0.3 is 0 Å². The average Bonchev–Trinajstić information content (AvgIpc) is 2.45. The Balaban J connectivity index is 2.54. The molecular formula is C17H23NO. The molecular weight excluding hydrogens is 234 g/mol. The highest BCUT2D eigenvalue weighted by atomic mass is 16.6. The molecule has 0 aromatic heterocycles. The lowest BCUT2D eigenvalue weighted by Gasteiger charge is -2.08. The third-order valence-electron chi connectivity index (χ3n) is 2.81. The highest BCUT2D eigenvalue weighted by molar-refractivity contribution is 5.87. The first-order valence-corrected chi connectivity index (χ1v) is 6.91. The first kappa shape index (κ1) is 15.3. The molecule has 2 nitrogen and oxygen atoms in total. The van der Waals surface area contributed by atoms with Gasteiger partial charge in [-0.3, -0.25) is 0 Å². The van der Waals surface area contributed by atoms with Crippen molar-refractivity contribution < 1.29 is 4.84 Å². The van der Waals surface area contributed by atoms with E-state index in [1.165, 1.54) is 0 Å². The van der Waals surface area contributed by atoms with Crippen LogP contribution in [0.25, 0.3) is 0 Å². The molecule has 0 amide bonds. The van der Waals surface area contributed by atoms with Gasteiger partial charge in [-0.1, -0.05) is 56.3 Å². The Morgan fingerprint density at radius 3 is 2.68 bits per heavy atom. The molecule has 1 aromatic rings. The zero-order valence-electron chi connectivity index (χ0n) is 12.1. The molecule has 0 bridgehead atoms. The molecule has 0 aliphatic carbocycles. The fourth-order valence-electron chi connectivity index (χ4n) is 1.66. The van der Waals surface area contributed by atoms with E-state index < -0.39 is 0 Å². The van der Waals surface area contributed by atoms with Gasteiger partial charge in [-0.25, -0.2) is 0 Å². The molecule has 0 saturated heterocycles. The van der Waals surface area contributed by atoms with Crippen molar-refractivity contribution in [3.05, 3.63) is 53.8 Å². The molecule has 0 N–H and O–H groups in total. The molecule has 0 heterocycles. The Morgan fingerprint density at radius 1 is 1.32 bits per heavy atom. The number of nitrogens with zero attached hydrogens (tertiary/aromatic N) is 1. The largest absolute Gasteiger partial charge is 0.391 e. The second-order valence-corrected chi connectivity index (χ2v) is 4.43. The summed E-state index contributed by atoms with van der Waals surface area (Å²) in [6.07, 6.45) is 5.96. The van der Waals surface area contributed by atoms with Crippen LogP contribution in [0.4, 0.5) is 0 Å². The van der Waals surface area contributed by atoms with E-state index in [1.54, 1.807) is 0 Å². The second kappa shape index (κ2) is 9.18. The third-order valence-corrected chi connectivity index (χ3v) is 2.81. The second-order valence-electron chi connectivity index (χ2n) is 4.43.